The molecule has 112 valence electrons. The van der Waals surface area contributed by atoms with Crippen molar-refractivity contribution in [1.29, 1.82) is 0 Å². The highest BCUT2D eigenvalue weighted by atomic mass is 16.5. The summed E-state index contributed by atoms with van der Waals surface area (Å²) in [6.07, 6.45) is 3.42. The predicted octanol–water partition coefficient (Wildman–Crippen LogP) is 1.50. The van der Waals surface area contributed by atoms with Gasteiger partial charge in [-0.15, -0.1) is 0 Å². The topological polar surface area (TPSA) is 56.8 Å². The van der Waals surface area contributed by atoms with Crippen LogP contribution in [0.1, 0.15) is 39.5 Å². The number of rotatable bonds is 9. The summed E-state index contributed by atoms with van der Waals surface area (Å²) < 4.78 is 16.0. The van der Waals surface area contributed by atoms with E-state index in [0.717, 1.165) is 25.8 Å². The quantitative estimate of drug-likeness (QED) is 0.510. The largest absolute Gasteiger partial charge is 0.465 e. The van der Waals surface area contributed by atoms with Crippen LogP contribution in [0.5, 0.6) is 0 Å². The van der Waals surface area contributed by atoms with Gasteiger partial charge in [-0.2, -0.15) is 0 Å². The Morgan fingerprint density at radius 2 is 2.16 bits per heavy atom. The Labute approximate surface area is 116 Å². The van der Waals surface area contributed by atoms with Gasteiger partial charge in [0.05, 0.1) is 12.7 Å². The van der Waals surface area contributed by atoms with E-state index >= 15 is 0 Å². The summed E-state index contributed by atoms with van der Waals surface area (Å²) >= 11 is 0. The summed E-state index contributed by atoms with van der Waals surface area (Å²) in [5, 5.41) is 3.29. The molecular formula is C14H27NO4. The van der Waals surface area contributed by atoms with Gasteiger partial charge in [0.2, 0.25) is 0 Å². The minimum atomic E-state index is -0.545. The molecule has 1 aliphatic rings. The van der Waals surface area contributed by atoms with E-state index in [1.165, 1.54) is 0 Å². The third-order valence-electron chi connectivity index (χ3n) is 3.50. The first-order valence-electron chi connectivity index (χ1n) is 7.21. The van der Waals surface area contributed by atoms with Crippen molar-refractivity contribution in [3.05, 3.63) is 0 Å². The molecule has 1 saturated carbocycles. The molecule has 0 spiro atoms. The van der Waals surface area contributed by atoms with E-state index in [1.54, 1.807) is 7.11 Å². The zero-order chi connectivity index (χ0) is 14.1. The van der Waals surface area contributed by atoms with E-state index < -0.39 is 5.54 Å². The summed E-state index contributed by atoms with van der Waals surface area (Å²) in [7, 11) is 1.69. The summed E-state index contributed by atoms with van der Waals surface area (Å²) in [5.41, 5.74) is -0.545. The average molecular weight is 273 g/mol. The molecule has 5 nitrogen and oxygen atoms in total. The third-order valence-corrected chi connectivity index (χ3v) is 3.50. The number of esters is 1. The molecule has 0 bridgehead atoms. The van der Waals surface area contributed by atoms with Crippen LogP contribution in [0.25, 0.3) is 0 Å². The lowest BCUT2D eigenvalue weighted by atomic mass is 9.97. The minimum Gasteiger partial charge on any atom is -0.465 e. The number of methoxy groups -OCH3 is 1. The third kappa shape index (κ3) is 4.75. The monoisotopic (exact) mass is 273 g/mol. The van der Waals surface area contributed by atoms with Crippen molar-refractivity contribution < 1.29 is 19.0 Å². The lowest BCUT2D eigenvalue weighted by molar-refractivity contribution is -0.151. The zero-order valence-corrected chi connectivity index (χ0v) is 12.4. The smallest absolute Gasteiger partial charge is 0.326 e. The number of likely N-dealkylation sites (N-methyl/N-ethyl adjacent to an activating group) is 1. The van der Waals surface area contributed by atoms with Gasteiger partial charge in [-0.05, 0) is 32.7 Å². The molecule has 0 saturated heterocycles. The molecule has 0 radical (unpaired) electrons. The van der Waals surface area contributed by atoms with Gasteiger partial charge in [0.25, 0.3) is 0 Å². The van der Waals surface area contributed by atoms with Gasteiger partial charge in [0, 0.05) is 26.7 Å². The van der Waals surface area contributed by atoms with Crippen molar-refractivity contribution in [1.82, 2.24) is 5.32 Å². The number of carbonyl (C=O) groups is 1. The number of nitrogens with one attached hydrogen (secondary N) is 1. The van der Waals surface area contributed by atoms with E-state index in [9.17, 15) is 4.79 Å². The van der Waals surface area contributed by atoms with Crippen molar-refractivity contribution in [2.24, 2.45) is 0 Å². The van der Waals surface area contributed by atoms with Crippen LogP contribution < -0.4 is 5.32 Å². The van der Waals surface area contributed by atoms with Crippen molar-refractivity contribution in [2.75, 3.05) is 33.5 Å². The zero-order valence-electron chi connectivity index (χ0n) is 12.4. The second-order valence-corrected chi connectivity index (χ2v) is 4.91. The average Bonchev–Trinajstić information content (AvgIpc) is 2.80. The normalized spacial score (nSPS) is 26.6. The molecule has 1 rings (SSSR count). The minimum absolute atomic E-state index is 0.139. The SMILES string of the molecule is CCNC1(C(=O)OCC)CCC(OCCCOC)C1. The Morgan fingerprint density at radius 3 is 2.79 bits per heavy atom. The van der Waals surface area contributed by atoms with Crippen LogP contribution in [0.15, 0.2) is 0 Å². The molecule has 0 aromatic rings. The predicted molar refractivity (Wildman–Crippen MR) is 73.1 cm³/mol. The Hall–Kier alpha value is -0.650. The standard InChI is InChI=1S/C14H27NO4/c1-4-15-14(13(16)18-5-2)8-7-12(11-14)19-10-6-9-17-3/h12,15H,4-11H2,1-3H3. The molecule has 1 N–H and O–H groups in total. The van der Waals surface area contributed by atoms with Gasteiger partial charge in [-0.3, -0.25) is 4.79 Å². The van der Waals surface area contributed by atoms with Crippen LogP contribution in [-0.2, 0) is 19.0 Å². The van der Waals surface area contributed by atoms with E-state index in [4.69, 9.17) is 14.2 Å². The Morgan fingerprint density at radius 1 is 1.37 bits per heavy atom. The van der Waals surface area contributed by atoms with E-state index in [0.29, 0.717) is 26.2 Å². The van der Waals surface area contributed by atoms with Gasteiger partial charge in [0.15, 0.2) is 0 Å². The molecule has 0 aromatic carbocycles. The molecule has 2 atom stereocenters. The van der Waals surface area contributed by atoms with Crippen LogP contribution in [-0.4, -0.2) is 51.1 Å². The molecule has 1 aliphatic carbocycles. The van der Waals surface area contributed by atoms with Crippen LogP contribution in [0, 0.1) is 0 Å². The Balaban J connectivity index is 2.45. The van der Waals surface area contributed by atoms with Crippen molar-refractivity contribution in [2.45, 2.75) is 51.2 Å². The Bertz CT molecular complexity index is 272. The van der Waals surface area contributed by atoms with Gasteiger partial charge in [0.1, 0.15) is 5.54 Å². The first-order chi connectivity index (χ1) is 9.18. The molecule has 1 fully saturated rings. The van der Waals surface area contributed by atoms with Crippen molar-refractivity contribution in [3.63, 3.8) is 0 Å². The van der Waals surface area contributed by atoms with Crippen LogP contribution >= 0.6 is 0 Å². The van der Waals surface area contributed by atoms with Gasteiger partial charge >= 0.3 is 5.97 Å². The molecule has 0 heterocycles. The summed E-state index contributed by atoms with van der Waals surface area (Å²) in [6, 6.07) is 0. The van der Waals surface area contributed by atoms with E-state index in [2.05, 4.69) is 5.32 Å². The van der Waals surface area contributed by atoms with Gasteiger partial charge < -0.3 is 19.5 Å². The fourth-order valence-electron chi connectivity index (χ4n) is 2.62. The molecule has 2 unspecified atom stereocenters. The Kier molecular flexibility index (Phi) is 7.34. The summed E-state index contributed by atoms with van der Waals surface area (Å²) in [5.74, 6) is -0.139. The fraction of sp³-hybridized carbons (Fsp3) is 0.929. The maximum atomic E-state index is 12.1. The maximum Gasteiger partial charge on any atom is 0.326 e. The molecule has 0 amide bonds. The first-order valence-corrected chi connectivity index (χ1v) is 7.21. The van der Waals surface area contributed by atoms with Crippen molar-refractivity contribution in [3.8, 4) is 0 Å². The van der Waals surface area contributed by atoms with Crippen LogP contribution in [0.2, 0.25) is 0 Å². The molecule has 0 aromatic heterocycles. The number of ether oxygens (including phenoxy) is 3. The first kappa shape index (κ1) is 16.4. The highest BCUT2D eigenvalue weighted by Gasteiger charge is 2.46. The summed E-state index contributed by atoms with van der Waals surface area (Å²) in [4.78, 5) is 12.1. The van der Waals surface area contributed by atoms with E-state index in [-0.39, 0.29) is 12.1 Å². The molecular weight excluding hydrogens is 246 g/mol. The van der Waals surface area contributed by atoms with Crippen molar-refractivity contribution >= 4 is 5.97 Å². The highest BCUT2D eigenvalue weighted by Crippen LogP contribution is 2.33. The number of hydrogen-bond acceptors (Lipinski definition) is 5. The lowest BCUT2D eigenvalue weighted by Crippen LogP contribution is -2.51. The van der Waals surface area contributed by atoms with Gasteiger partial charge in [-0.1, -0.05) is 6.92 Å². The van der Waals surface area contributed by atoms with Gasteiger partial charge in [-0.25, -0.2) is 0 Å². The second kappa shape index (κ2) is 8.51. The highest BCUT2D eigenvalue weighted by molar-refractivity contribution is 5.81. The molecule has 0 aliphatic heterocycles. The number of hydrogen-bond donors (Lipinski definition) is 1. The van der Waals surface area contributed by atoms with Crippen LogP contribution in [0.4, 0.5) is 0 Å². The van der Waals surface area contributed by atoms with Crippen LogP contribution in [0.3, 0.4) is 0 Å². The number of carbonyl (C=O) groups excluding carboxylic acids is 1. The lowest BCUT2D eigenvalue weighted by Gasteiger charge is -2.27. The summed E-state index contributed by atoms with van der Waals surface area (Å²) in [6.45, 7) is 6.42. The molecule has 5 heteroatoms. The fourth-order valence-corrected chi connectivity index (χ4v) is 2.62. The molecule has 19 heavy (non-hydrogen) atoms. The second-order valence-electron chi connectivity index (χ2n) is 4.91. The maximum absolute atomic E-state index is 12.1. The van der Waals surface area contributed by atoms with E-state index in [1.807, 2.05) is 13.8 Å².